The summed E-state index contributed by atoms with van der Waals surface area (Å²) in [7, 11) is 3.77. The predicted octanol–water partition coefficient (Wildman–Crippen LogP) is 3.11. The van der Waals surface area contributed by atoms with Crippen LogP contribution in [0.5, 0.6) is 0 Å². The van der Waals surface area contributed by atoms with E-state index >= 15 is 0 Å². The van der Waals surface area contributed by atoms with Crippen LogP contribution in [0.25, 0.3) is 10.9 Å². The fourth-order valence-electron chi connectivity index (χ4n) is 2.87. The van der Waals surface area contributed by atoms with Crippen molar-refractivity contribution in [1.82, 2.24) is 19.7 Å². The molecule has 3 aromatic rings. The van der Waals surface area contributed by atoms with Gasteiger partial charge in [0.2, 0.25) is 0 Å². The van der Waals surface area contributed by atoms with Crippen molar-refractivity contribution in [2.24, 2.45) is 14.1 Å². The smallest absolute Gasteiger partial charge is 0.268 e. The van der Waals surface area contributed by atoms with Crippen LogP contribution in [-0.4, -0.2) is 20.3 Å². The number of aromatic nitrogens is 3. The monoisotopic (exact) mass is 330 g/mol. The lowest BCUT2D eigenvalue weighted by Gasteiger charge is -2.07. The number of hydrogen-bond acceptors (Lipinski definition) is 2. The van der Waals surface area contributed by atoms with Crippen molar-refractivity contribution < 1.29 is 4.79 Å². The second-order valence-electron chi connectivity index (χ2n) is 5.72. The molecule has 0 bridgehead atoms. The molecule has 0 saturated carbocycles. The van der Waals surface area contributed by atoms with Gasteiger partial charge in [-0.1, -0.05) is 17.7 Å². The summed E-state index contributed by atoms with van der Waals surface area (Å²) >= 11 is 6.21. The number of amides is 1. The molecule has 23 heavy (non-hydrogen) atoms. The molecule has 1 N–H and O–H groups in total. The summed E-state index contributed by atoms with van der Waals surface area (Å²) in [6, 6.07) is 7.49. The zero-order valence-electron chi connectivity index (χ0n) is 13.6. The molecule has 5 nitrogen and oxygen atoms in total. The highest BCUT2D eigenvalue weighted by Crippen LogP contribution is 2.26. The van der Waals surface area contributed by atoms with E-state index in [0.29, 0.717) is 17.3 Å². The first-order chi connectivity index (χ1) is 10.9. The Morgan fingerprint density at radius 2 is 2.04 bits per heavy atom. The maximum Gasteiger partial charge on any atom is 0.268 e. The number of nitrogens with zero attached hydrogens (tertiary/aromatic N) is 3. The zero-order valence-corrected chi connectivity index (χ0v) is 14.4. The molecule has 6 heteroatoms. The number of nitrogens with one attached hydrogen (secondary N) is 1. The molecule has 3 rings (SSSR count). The molecule has 0 unspecified atom stereocenters. The average Bonchev–Trinajstić information content (AvgIpc) is 2.97. The van der Waals surface area contributed by atoms with Crippen molar-refractivity contribution in [2.75, 3.05) is 0 Å². The Bertz CT molecular complexity index is 907. The van der Waals surface area contributed by atoms with Crippen molar-refractivity contribution in [3.63, 3.8) is 0 Å². The summed E-state index contributed by atoms with van der Waals surface area (Å²) in [6.07, 6.45) is 0. The van der Waals surface area contributed by atoms with E-state index in [-0.39, 0.29) is 5.91 Å². The second-order valence-corrected chi connectivity index (χ2v) is 6.12. The lowest BCUT2D eigenvalue weighted by molar-refractivity contribution is 0.0943. The number of fused-ring (bicyclic) bond motifs is 1. The number of benzene rings is 1. The Kier molecular flexibility index (Phi) is 3.90. The quantitative estimate of drug-likeness (QED) is 0.802. The van der Waals surface area contributed by atoms with E-state index < -0.39 is 0 Å². The van der Waals surface area contributed by atoms with E-state index in [9.17, 15) is 4.79 Å². The fourth-order valence-corrected chi connectivity index (χ4v) is 3.10. The summed E-state index contributed by atoms with van der Waals surface area (Å²) in [4.78, 5) is 12.5. The zero-order chi connectivity index (χ0) is 16.7. The molecule has 120 valence electrons. The summed E-state index contributed by atoms with van der Waals surface area (Å²) in [6.45, 7) is 4.41. The molecule has 0 aliphatic heterocycles. The van der Waals surface area contributed by atoms with Crippen LogP contribution in [0.1, 0.15) is 27.4 Å². The van der Waals surface area contributed by atoms with Gasteiger partial charge in [-0.2, -0.15) is 5.10 Å². The van der Waals surface area contributed by atoms with Crippen LogP contribution in [0.3, 0.4) is 0 Å². The molecule has 1 amide bonds. The molecule has 0 radical (unpaired) electrons. The molecule has 0 saturated heterocycles. The van der Waals surface area contributed by atoms with Crippen molar-refractivity contribution in [2.45, 2.75) is 20.4 Å². The Hall–Kier alpha value is -2.27. The fraction of sp³-hybridized carbons (Fsp3) is 0.294. The third-order valence-electron chi connectivity index (χ3n) is 4.35. The second kappa shape index (κ2) is 5.74. The van der Waals surface area contributed by atoms with Crippen molar-refractivity contribution in [3.05, 3.63) is 51.9 Å². The van der Waals surface area contributed by atoms with Crippen molar-refractivity contribution in [3.8, 4) is 0 Å². The highest BCUT2D eigenvalue weighted by molar-refractivity contribution is 6.35. The molecule has 2 heterocycles. The van der Waals surface area contributed by atoms with Gasteiger partial charge in [0.25, 0.3) is 5.91 Å². The first-order valence-corrected chi connectivity index (χ1v) is 7.79. The molecular formula is C17H19ClN4O. The van der Waals surface area contributed by atoms with Crippen molar-refractivity contribution in [1.29, 1.82) is 0 Å². The van der Waals surface area contributed by atoms with E-state index in [2.05, 4.69) is 10.4 Å². The third kappa shape index (κ3) is 2.61. The Morgan fingerprint density at radius 3 is 2.65 bits per heavy atom. The first kappa shape index (κ1) is 15.6. The lowest BCUT2D eigenvalue weighted by atomic mass is 10.2. The number of aryl methyl sites for hydroxylation is 3. The highest BCUT2D eigenvalue weighted by Gasteiger charge is 2.16. The molecule has 2 aromatic heterocycles. The Balaban J connectivity index is 1.87. The van der Waals surface area contributed by atoms with E-state index in [0.717, 1.165) is 27.9 Å². The summed E-state index contributed by atoms with van der Waals surface area (Å²) in [5.41, 5.74) is 4.58. The third-order valence-corrected chi connectivity index (χ3v) is 4.68. The lowest BCUT2D eigenvalue weighted by Crippen LogP contribution is -2.25. The molecule has 0 aliphatic carbocycles. The van der Waals surface area contributed by atoms with Crippen molar-refractivity contribution >= 4 is 28.4 Å². The molecular weight excluding hydrogens is 312 g/mol. The predicted molar refractivity (Wildman–Crippen MR) is 91.8 cm³/mol. The van der Waals surface area contributed by atoms with Crippen LogP contribution in [0.2, 0.25) is 5.02 Å². The van der Waals surface area contributed by atoms with E-state index in [1.165, 1.54) is 0 Å². The minimum Gasteiger partial charge on any atom is -0.347 e. The number of carbonyl (C=O) groups is 1. The number of carbonyl (C=O) groups excluding carboxylic acids is 1. The Labute approximate surface area is 139 Å². The van der Waals surface area contributed by atoms with Gasteiger partial charge < -0.3 is 9.88 Å². The molecule has 0 spiro atoms. The Morgan fingerprint density at radius 1 is 1.30 bits per heavy atom. The molecule has 0 fully saturated rings. The van der Waals surface area contributed by atoms with Gasteiger partial charge in [-0.3, -0.25) is 9.48 Å². The van der Waals surface area contributed by atoms with E-state index in [1.54, 1.807) is 0 Å². The van der Waals surface area contributed by atoms with Gasteiger partial charge >= 0.3 is 0 Å². The van der Waals surface area contributed by atoms with Crippen LogP contribution < -0.4 is 5.32 Å². The standard InChI is InChI=1S/C17H19ClN4O/c1-10-13(11(2)22(4)20-10)9-19-17(23)16-8-12-14(18)6-5-7-15(12)21(16)3/h5-8H,9H2,1-4H3,(H,19,23). The van der Waals surface area contributed by atoms with Crippen LogP contribution >= 0.6 is 11.6 Å². The van der Waals surface area contributed by atoms with Gasteiger partial charge in [0.15, 0.2) is 0 Å². The molecule has 0 aliphatic rings. The van der Waals surface area contributed by atoms with Gasteiger partial charge in [0.1, 0.15) is 5.69 Å². The van der Waals surface area contributed by atoms with Crippen LogP contribution in [0, 0.1) is 13.8 Å². The topological polar surface area (TPSA) is 51.9 Å². The maximum absolute atomic E-state index is 12.5. The number of rotatable bonds is 3. The number of halogens is 1. The van der Waals surface area contributed by atoms with Gasteiger partial charge in [-0.15, -0.1) is 0 Å². The average molecular weight is 331 g/mol. The molecule has 0 atom stereocenters. The SMILES string of the molecule is Cc1nn(C)c(C)c1CNC(=O)c1cc2c(Cl)cccc2n1C. The normalized spacial score (nSPS) is 11.2. The van der Waals surface area contributed by atoms with Crippen LogP contribution in [0.15, 0.2) is 24.3 Å². The van der Waals surface area contributed by atoms with Gasteiger partial charge in [0.05, 0.1) is 5.69 Å². The van der Waals surface area contributed by atoms with Gasteiger partial charge in [0, 0.05) is 47.8 Å². The summed E-state index contributed by atoms with van der Waals surface area (Å²) in [5, 5.41) is 8.88. The minimum absolute atomic E-state index is 0.123. The highest BCUT2D eigenvalue weighted by atomic mass is 35.5. The largest absolute Gasteiger partial charge is 0.347 e. The van der Waals surface area contributed by atoms with Gasteiger partial charge in [-0.25, -0.2) is 0 Å². The summed E-state index contributed by atoms with van der Waals surface area (Å²) < 4.78 is 3.69. The maximum atomic E-state index is 12.5. The summed E-state index contributed by atoms with van der Waals surface area (Å²) in [5.74, 6) is -0.123. The number of hydrogen-bond donors (Lipinski definition) is 1. The molecule has 1 aromatic carbocycles. The minimum atomic E-state index is -0.123. The van der Waals surface area contributed by atoms with Crippen LogP contribution in [0.4, 0.5) is 0 Å². The van der Waals surface area contributed by atoms with E-state index in [1.807, 2.05) is 61.5 Å². The van der Waals surface area contributed by atoms with Crippen LogP contribution in [-0.2, 0) is 20.6 Å². The van der Waals surface area contributed by atoms with E-state index in [4.69, 9.17) is 11.6 Å². The van der Waals surface area contributed by atoms with Gasteiger partial charge in [-0.05, 0) is 32.0 Å². The first-order valence-electron chi connectivity index (χ1n) is 7.41.